The fourth-order valence-corrected chi connectivity index (χ4v) is 4.10. The number of nitrogens with one attached hydrogen (secondary N) is 3. The van der Waals surface area contributed by atoms with Crippen LogP contribution in [0.4, 0.5) is 11.4 Å². The highest BCUT2D eigenvalue weighted by Crippen LogP contribution is 2.16. The van der Waals surface area contributed by atoms with Gasteiger partial charge in [0, 0.05) is 17.9 Å². The van der Waals surface area contributed by atoms with Crippen LogP contribution in [-0.2, 0) is 4.79 Å². The highest BCUT2D eigenvalue weighted by atomic mass is 16.3. The first-order valence-corrected chi connectivity index (χ1v) is 13.6. The molecule has 1 aromatic carbocycles. The molecule has 3 N–H and O–H groups in total. The van der Waals surface area contributed by atoms with Crippen LogP contribution in [0, 0.1) is 0 Å². The van der Waals surface area contributed by atoms with Gasteiger partial charge in [0.1, 0.15) is 0 Å². The molecule has 0 bridgehead atoms. The van der Waals surface area contributed by atoms with Crippen LogP contribution in [-0.4, -0.2) is 24.9 Å². The van der Waals surface area contributed by atoms with Gasteiger partial charge in [-0.1, -0.05) is 96.5 Å². The maximum atomic E-state index is 12.1. The van der Waals surface area contributed by atoms with Gasteiger partial charge in [-0.3, -0.25) is 9.59 Å². The lowest BCUT2D eigenvalue weighted by atomic mass is 10.0. The maximum Gasteiger partial charge on any atom is 0.291 e. The molecular weight excluding hydrogens is 438 g/mol. The number of carbonyl (C=O) groups is 2. The number of carbonyl (C=O) groups excluding carboxylic acids is 2. The number of rotatable bonds is 20. The van der Waals surface area contributed by atoms with Crippen molar-refractivity contribution in [2.24, 2.45) is 0 Å². The highest BCUT2D eigenvalue weighted by molar-refractivity contribution is 6.02. The van der Waals surface area contributed by atoms with Crippen LogP contribution < -0.4 is 16.0 Å². The molecule has 2 aromatic rings. The van der Waals surface area contributed by atoms with E-state index in [2.05, 4.69) is 22.9 Å². The molecule has 2 rings (SSSR count). The second-order valence-electron chi connectivity index (χ2n) is 9.31. The van der Waals surface area contributed by atoms with E-state index in [1.807, 2.05) is 12.1 Å². The summed E-state index contributed by atoms with van der Waals surface area (Å²) in [7, 11) is 0. The van der Waals surface area contributed by atoms with Crippen LogP contribution in [0.3, 0.4) is 0 Å². The van der Waals surface area contributed by atoms with Crippen molar-refractivity contribution >= 4 is 23.2 Å². The summed E-state index contributed by atoms with van der Waals surface area (Å²) in [4.78, 5) is 24.2. The lowest BCUT2D eigenvalue weighted by Gasteiger charge is -2.10. The molecule has 6 nitrogen and oxygen atoms in total. The molecule has 0 atom stereocenters. The van der Waals surface area contributed by atoms with E-state index in [-0.39, 0.29) is 24.1 Å². The van der Waals surface area contributed by atoms with Gasteiger partial charge >= 0.3 is 0 Å². The number of amides is 2. The monoisotopic (exact) mass is 483 g/mol. The maximum absolute atomic E-state index is 12.1. The minimum Gasteiger partial charge on any atom is -0.459 e. The van der Waals surface area contributed by atoms with Crippen molar-refractivity contribution in [1.82, 2.24) is 5.32 Å². The van der Waals surface area contributed by atoms with Gasteiger partial charge in [0.05, 0.1) is 12.8 Å². The van der Waals surface area contributed by atoms with Crippen LogP contribution in [0.15, 0.2) is 47.1 Å². The third kappa shape index (κ3) is 13.6. The topological polar surface area (TPSA) is 83.4 Å². The van der Waals surface area contributed by atoms with Crippen molar-refractivity contribution in [3.8, 4) is 0 Å². The molecule has 2 amide bonds. The minimum atomic E-state index is -0.307. The largest absolute Gasteiger partial charge is 0.459 e. The first-order chi connectivity index (χ1) is 17.2. The fraction of sp³-hybridized carbons (Fsp3) is 0.586. The normalized spacial score (nSPS) is 10.8. The van der Waals surface area contributed by atoms with E-state index < -0.39 is 0 Å². The Morgan fingerprint density at radius 1 is 0.743 bits per heavy atom. The van der Waals surface area contributed by atoms with Crippen molar-refractivity contribution in [3.05, 3.63) is 48.4 Å². The molecule has 0 saturated heterocycles. The average molecular weight is 484 g/mol. The Labute approximate surface area is 211 Å². The molecule has 0 unspecified atom stereocenters. The summed E-state index contributed by atoms with van der Waals surface area (Å²) in [6.45, 7) is 3.19. The summed E-state index contributed by atoms with van der Waals surface area (Å²) in [6, 6.07) is 10.6. The summed E-state index contributed by atoms with van der Waals surface area (Å²) >= 11 is 0. The first kappa shape index (κ1) is 28.5. The summed E-state index contributed by atoms with van der Waals surface area (Å²) in [6.07, 6.45) is 20.1. The zero-order valence-electron chi connectivity index (χ0n) is 21.6. The lowest BCUT2D eigenvalue weighted by Crippen LogP contribution is -2.30. The van der Waals surface area contributed by atoms with Gasteiger partial charge in [0.25, 0.3) is 5.91 Å². The number of anilines is 2. The smallest absolute Gasteiger partial charge is 0.291 e. The molecular formula is C29H45N3O3. The lowest BCUT2D eigenvalue weighted by molar-refractivity contribution is -0.119. The molecule has 0 aliphatic carbocycles. The van der Waals surface area contributed by atoms with E-state index in [0.29, 0.717) is 5.69 Å². The zero-order chi connectivity index (χ0) is 25.0. The molecule has 1 heterocycles. The number of furan rings is 1. The van der Waals surface area contributed by atoms with Gasteiger partial charge in [-0.25, -0.2) is 0 Å². The van der Waals surface area contributed by atoms with E-state index in [1.54, 1.807) is 24.3 Å². The Kier molecular flexibility index (Phi) is 15.1. The molecule has 1 aromatic heterocycles. The summed E-state index contributed by atoms with van der Waals surface area (Å²) < 4.78 is 5.10. The third-order valence-electron chi connectivity index (χ3n) is 6.17. The first-order valence-electron chi connectivity index (χ1n) is 13.6. The van der Waals surface area contributed by atoms with E-state index in [9.17, 15) is 9.59 Å². The molecule has 6 heteroatoms. The SMILES string of the molecule is CCCCCCCCCCCCCCCCNC(=O)CNc1cccc(NC(=O)c2ccco2)c1. The van der Waals surface area contributed by atoms with Crippen molar-refractivity contribution in [2.45, 2.75) is 96.8 Å². The standard InChI is InChI=1S/C29H45N3O3/c1-2-3-4-5-6-7-8-9-10-11-12-13-14-15-21-30-28(33)24-31-25-18-16-19-26(23-25)32-29(34)27-20-17-22-35-27/h16-20,22-23,31H,2-15,21,24H2,1H3,(H,30,33)(H,32,34). The summed E-state index contributed by atoms with van der Waals surface area (Å²) in [5.74, 6) is -0.0750. The molecule has 194 valence electrons. The van der Waals surface area contributed by atoms with Crippen LogP contribution in [0.25, 0.3) is 0 Å². The van der Waals surface area contributed by atoms with Gasteiger partial charge in [-0.2, -0.15) is 0 Å². The summed E-state index contributed by atoms with van der Waals surface area (Å²) in [5.41, 5.74) is 1.41. The van der Waals surface area contributed by atoms with E-state index in [4.69, 9.17) is 4.42 Å². The Balaban J connectivity index is 1.43. The van der Waals surface area contributed by atoms with Crippen LogP contribution in [0.2, 0.25) is 0 Å². The Morgan fingerprint density at radius 2 is 1.34 bits per heavy atom. The van der Waals surface area contributed by atoms with E-state index in [0.717, 1.165) is 18.7 Å². The fourth-order valence-electron chi connectivity index (χ4n) is 4.10. The number of benzene rings is 1. The van der Waals surface area contributed by atoms with Gasteiger partial charge in [0.15, 0.2) is 5.76 Å². The van der Waals surface area contributed by atoms with Crippen LogP contribution >= 0.6 is 0 Å². The molecule has 0 aliphatic heterocycles. The van der Waals surface area contributed by atoms with Crippen molar-refractivity contribution in [1.29, 1.82) is 0 Å². The Morgan fingerprint density at radius 3 is 1.94 bits per heavy atom. The van der Waals surface area contributed by atoms with Gasteiger partial charge in [-0.05, 0) is 36.8 Å². The third-order valence-corrected chi connectivity index (χ3v) is 6.17. The molecule has 0 radical (unpaired) electrons. The number of unbranched alkanes of at least 4 members (excludes halogenated alkanes) is 13. The zero-order valence-corrected chi connectivity index (χ0v) is 21.6. The predicted molar refractivity (Wildman–Crippen MR) is 145 cm³/mol. The van der Waals surface area contributed by atoms with Crippen LogP contribution in [0.5, 0.6) is 0 Å². The molecule has 0 spiro atoms. The Bertz CT molecular complexity index is 820. The molecule has 0 saturated carbocycles. The van der Waals surface area contributed by atoms with Crippen molar-refractivity contribution < 1.29 is 14.0 Å². The minimum absolute atomic E-state index is 0.0234. The quantitative estimate of drug-likeness (QED) is 0.170. The van der Waals surface area contributed by atoms with Crippen molar-refractivity contribution in [3.63, 3.8) is 0 Å². The molecule has 0 fully saturated rings. The van der Waals surface area contributed by atoms with Crippen LogP contribution in [0.1, 0.15) is 107 Å². The average Bonchev–Trinajstić information content (AvgIpc) is 3.41. The summed E-state index contributed by atoms with van der Waals surface area (Å²) in [5, 5.41) is 8.87. The number of hydrogen-bond acceptors (Lipinski definition) is 4. The second-order valence-corrected chi connectivity index (χ2v) is 9.31. The van der Waals surface area contributed by atoms with Gasteiger partial charge in [-0.15, -0.1) is 0 Å². The van der Waals surface area contributed by atoms with Gasteiger partial charge < -0.3 is 20.4 Å². The molecule has 35 heavy (non-hydrogen) atoms. The van der Waals surface area contributed by atoms with E-state index >= 15 is 0 Å². The predicted octanol–water partition coefficient (Wildman–Crippen LogP) is 7.54. The van der Waals surface area contributed by atoms with Gasteiger partial charge in [0.2, 0.25) is 5.91 Å². The van der Waals surface area contributed by atoms with E-state index in [1.165, 1.54) is 89.7 Å². The second kappa shape index (κ2) is 18.6. The van der Waals surface area contributed by atoms with Crippen molar-refractivity contribution in [2.75, 3.05) is 23.7 Å². The Hall–Kier alpha value is -2.76. The molecule has 0 aliphatic rings. The number of hydrogen-bond donors (Lipinski definition) is 3. The highest BCUT2D eigenvalue weighted by Gasteiger charge is 2.09.